The molecule has 1 heterocycles. The van der Waals surface area contributed by atoms with Crippen LogP contribution in [0.3, 0.4) is 0 Å². The van der Waals surface area contributed by atoms with Gasteiger partial charge in [0, 0.05) is 11.6 Å². The summed E-state index contributed by atoms with van der Waals surface area (Å²) < 4.78 is 1.80. The molecule has 3 aromatic rings. The summed E-state index contributed by atoms with van der Waals surface area (Å²) in [7, 11) is 0. The number of para-hydroxylation sites is 1. The SMILES string of the molecule is NC(=O)N(Cc1ccccc1)n1ccc2ccccc21. The van der Waals surface area contributed by atoms with Gasteiger partial charge in [0.25, 0.3) is 0 Å². The number of fused-ring (bicyclic) bond motifs is 1. The molecular weight excluding hydrogens is 250 g/mol. The fourth-order valence-corrected chi connectivity index (χ4v) is 2.30. The molecule has 20 heavy (non-hydrogen) atoms. The lowest BCUT2D eigenvalue weighted by Crippen LogP contribution is -2.43. The van der Waals surface area contributed by atoms with Gasteiger partial charge in [-0.25, -0.2) is 9.80 Å². The first-order valence-electron chi connectivity index (χ1n) is 6.43. The van der Waals surface area contributed by atoms with Crippen molar-refractivity contribution in [1.82, 2.24) is 4.68 Å². The summed E-state index contributed by atoms with van der Waals surface area (Å²) in [4.78, 5) is 11.8. The van der Waals surface area contributed by atoms with E-state index < -0.39 is 6.03 Å². The summed E-state index contributed by atoms with van der Waals surface area (Å²) in [6.07, 6.45) is 1.86. The zero-order chi connectivity index (χ0) is 13.9. The summed E-state index contributed by atoms with van der Waals surface area (Å²) in [5.74, 6) is 0. The molecule has 4 heteroatoms. The number of carbonyl (C=O) groups excluding carboxylic acids is 1. The quantitative estimate of drug-likeness (QED) is 0.777. The van der Waals surface area contributed by atoms with Gasteiger partial charge in [0.2, 0.25) is 0 Å². The molecule has 0 aliphatic carbocycles. The highest BCUT2D eigenvalue weighted by atomic mass is 16.2. The lowest BCUT2D eigenvalue weighted by Gasteiger charge is -2.22. The number of nitrogens with two attached hydrogens (primary N) is 1. The largest absolute Gasteiger partial charge is 0.350 e. The first-order valence-corrected chi connectivity index (χ1v) is 6.43. The van der Waals surface area contributed by atoms with Gasteiger partial charge in [-0.15, -0.1) is 0 Å². The van der Waals surface area contributed by atoms with Crippen LogP contribution < -0.4 is 10.7 Å². The molecule has 100 valence electrons. The van der Waals surface area contributed by atoms with E-state index in [2.05, 4.69) is 0 Å². The highest BCUT2D eigenvalue weighted by Gasteiger charge is 2.14. The number of carbonyl (C=O) groups is 1. The van der Waals surface area contributed by atoms with E-state index in [-0.39, 0.29) is 0 Å². The maximum Gasteiger partial charge on any atom is 0.334 e. The van der Waals surface area contributed by atoms with Gasteiger partial charge in [0.05, 0.1) is 12.1 Å². The first-order chi connectivity index (χ1) is 9.75. The van der Waals surface area contributed by atoms with E-state index in [9.17, 15) is 4.79 Å². The van der Waals surface area contributed by atoms with Crippen LogP contribution in [-0.4, -0.2) is 10.7 Å². The Hall–Kier alpha value is -2.75. The predicted molar refractivity (Wildman–Crippen MR) is 79.9 cm³/mol. The second-order valence-corrected chi connectivity index (χ2v) is 4.60. The van der Waals surface area contributed by atoms with Crippen LogP contribution in [0, 0.1) is 0 Å². The van der Waals surface area contributed by atoms with E-state index in [4.69, 9.17) is 5.73 Å². The average molecular weight is 265 g/mol. The van der Waals surface area contributed by atoms with Gasteiger partial charge in [0.15, 0.2) is 0 Å². The van der Waals surface area contributed by atoms with Crippen LogP contribution in [0.2, 0.25) is 0 Å². The highest BCUT2D eigenvalue weighted by Crippen LogP contribution is 2.16. The molecule has 0 fully saturated rings. The fraction of sp³-hybridized carbons (Fsp3) is 0.0625. The topological polar surface area (TPSA) is 51.3 Å². The molecule has 0 saturated carbocycles. The molecule has 4 nitrogen and oxygen atoms in total. The Balaban J connectivity index is 2.01. The second-order valence-electron chi connectivity index (χ2n) is 4.60. The number of benzene rings is 2. The van der Waals surface area contributed by atoms with Gasteiger partial charge in [-0.3, -0.25) is 4.68 Å². The van der Waals surface area contributed by atoms with Crippen molar-refractivity contribution in [2.45, 2.75) is 6.54 Å². The molecule has 0 atom stereocenters. The number of rotatable bonds is 3. The minimum atomic E-state index is -0.477. The number of aromatic nitrogens is 1. The Morgan fingerprint density at radius 1 is 1.00 bits per heavy atom. The van der Waals surface area contributed by atoms with Gasteiger partial charge in [0.1, 0.15) is 0 Å². The maximum absolute atomic E-state index is 11.8. The Morgan fingerprint density at radius 3 is 2.45 bits per heavy atom. The average Bonchev–Trinajstić information content (AvgIpc) is 2.89. The molecule has 0 aliphatic heterocycles. The monoisotopic (exact) mass is 265 g/mol. The minimum Gasteiger partial charge on any atom is -0.350 e. The van der Waals surface area contributed by atoms with Crippen LogP contribution in [0.1, 0.15) is 5.56 Å². The van der Waals surface area contributed by atoms with E-state index in [1.165, 1.54) is 5.01 Å². The molecule has 0 spiro atoms. The minimum absolute atomic E-state index is 0.439. The standard InChI is InChI=1S/C16H15N3O/c17-16(20)19(12-13-6-2-1-3-7-13)18-11-10-14-8-4-5-9-15(14)18/h1-11H,12H2,(H2,17,20). The molecule has 2 aromatic carbocycles. The Bertz CT molecular complexity index is 734. The van der Waals surface area contributed by atoms with E-state index in [0.717, 1.165) is 16.5 Å². The smallest absolute Gasteiger partial charge is 0.334 e. The number of nitrogens with zero attached hydrogens (tertiary/aromatic N) is 2. The van der Waals surface area contributed by atoms with Gasteiger partial charge in [-0.05, 0) is 17.7 Å². The summed E-state index contributed by atoms with van der Waals surface area (Å²) in [5, 5.41) is 2.60. The summed E-state index contributed by atoms with van der Waals surface area (Å²) in [6.45, 7) is 0.439. The lowest BCUT2D eigenvalue weighted by molar-refractivity contribution is 0.248. The molecular formula is C16H15N3O. The van der Waals surface area contributed by atoms with Crippen LogP contribution in [0.4, 0.5) is 4.79 Å². The van der Waals surface area contributed by atoms with Crippen molar-refractivity contribution in [3.63, 3.8) is 0 Å². The number of hydrogen-bond acceptors (Lipinski definition) is 1. The van der Waals surface area contributed by atoms with Crippen LogP contribution >= 0.6 is 0 Å². The van der Waals surface area contributed by atoms with Crippen LogP contribution in [0.15, 0.2) is 66.9 Å². The van der Waals surface area contributed by atoms with Crippen molar-refractivity contribution in [3.8, 4) is 0 Å². The summed E-state index contributed by atoms with van der Waals surface area (Å²) >= 11 is 0. The van der Waals surface area contributed by atoms with Crippen molar-refractivity contribution >= 4 is 16.9 Å². The second kappa shape index (κ2) is 5.09. The third-order valence-electron chi connectivity index (χ3n) is 3.27. The van der Waals surface area contributed by atoms with Crippen molar-refractivity contribution in [3.05, 3.63) is 72.4 Å². The van der Waals surface area contributed by atoms with E-state index in [1.54, 1.807) is 4.68 Å². The van der Waals surface area contributed by atoms with Gasteiger partial charge >= 0.3 is 6.03 Å². The normalized spacial score (nSPS) is 10.6. The summed E-state index contributed by atoms with van der Waals surface area (Å²) in [6, 6.07) is 19.2. The van der Waals surface area contributed by atoms with Crippen molar-refractivity contribution in [1.29, 1.82) is 0 Å². The van der Waals surface area contributed by atoms with E-state index >= 15 is 0 Å². The predicted octanol–water partition coefficient (Wildman–Crippen LogP) is 2.86. The molecule has 1 aromatic heterocycles. The van der Waals surface area contributed by atoms with Crippen molar-refractivity contribution < 1.29 is 4.79 Å². The van der Waals surface area contributed by atoms with Gasteiger partial charge in [-0.1, -0.05) is 48.5 Å². The molecule has 2 amide bonds. The molecule has 0 saturated heterocycles. The number of primary amides is 1. The Kier molecular flexibility index (Phi) is 3.13. The molecule has 0 radical (unpaired) electrons. The number of hydrogen-bond donors (Lipinski definition) is 1. The fourth-order valence-electron chi connectivity index (χ4n) is 2.30. The van der Waals surface area contributed by atoms with E-state index in [1.807, 2.05) is 66.9 Å². The van der Waals surface area contributed by atoms with Gasteiger partial charge < -0.3 is 5.73 Å². The van der Waals surface area contributed by atoms with Gasteiger partial charge in [-0.2, -0.15) is 0 Å². The molecule has 0 unspecified atom stereocenters. The zero-order valence-corrected chi connectivity index (χ0v) is 10.9. The van der Waals surface area contributed by atoms with Crippen LogP contribution in [-0.2, 0) is 6.54 Å². The zero-order valence-electron chi connectivity index (χ0n) is 10.9. The maximum atomic E-state index is 11.8. The molecule has 3 rings (SSSR count). The highest BCUT2D eigenvalue weighted by molar-refractivity contribution is 5.87. The number of amides is 2. The van der Waals surface area contributed by atoms with E-state index in [0.29, 0.717) is 6.54 Å². The number of urea groups is 1. The molecule has 0 bridgehead atoms. The third-order valence-corrected chi connectivity index (χ3v) is 3.27. The van der Waals surface area contributed by atoms with Crippen LogP contribution in [0.5, 0.6) is 0 Å². The summed E-state index contributed by atoms with van der Waals surface area (Å²) in [5.41, 5.74) is 7.52. The van der Waals surface area contributed by atoms with Crippen molar-refractivity contribution in [2.75, 3.05) is 5.01 Å². The third kappa shape index (κ3) is 2.23. The lowest BCUT2D eigenvalue weighted by atomic mass is 10.2. The molecule has 0 aliphatic rings. The Labute approximate surface area is 117 Å². The first kappa shape index (κ1) is 12.3. The van der Waals surface area contributed by atoms with Crippen molar-refractivity contribution in [2.24, 2.45) is 5.73 Å². The molecule has 2 N–H and O–H groups in total. The Morgan fingerprint density at radius 2 is 1.70 bits per heavy atom. The van der Waals surface area contributed by atoms with Crippen LogP contribution in [0.25, 0.3) is 10.9 Å².